The van der Waals surface area contributed by atoms with Crippen LogP contribution in [-0.4, -0.2) is 20.7 Å². The van der Waals surface area contributed by atoms with Crippen molar-refractivity contribution in [1.82, 2.24) is 4.72 Å². The molecule has 1 aromatic carbocycles. The Labute approximate surface area is 96.5 Å². The number of nitrogens with one attached hydrogen (secondary N) is 1. The summed E-state index contributed by atoms with van der Waals surface area (Å²) in [6, 6.07) is 8.81. The largest absolute Gasteiger partial charge is 0.760 e. The summed E-state index contributed by atoms with van der Waals surface area (Å²) in [5.74, 6) is -0.529. The summed E-state index contributed by atoms with van der Waals surface area (Å²) in [6.07, 6.45) is 0.431. The van der Waals surface area contributed by atoms with E-state index in [2.05, 4.69) is 4.72 Å². The number of amides is 1. The third-order valence-electron chi connectivity index (χ3n) is 2.04. The predicted octanol–water partition coefficient (Wildman–Crippen LogP) is -0.143. The maximum Gasteiger partial charge on any atom is 0.219 e. The molecule has 1 amide bonds. The van der Waals surface area contributed by atoms with E-state index in [9.17, 15) is 13.6 Å². The van der Waals surface area contributed by atoms with E-state index in [0.717, 1.165) is 5.56 Å². The van der Waals surface area contributed by atoms with E-state index in [0.29, 0.717) is 6.42 Å². The molecule has 0 spiro atoms. The van der Waals surface area contributed by atoms with Gasteiger partial charge in [-0.3, -0.25) is 9.00 Å². The number of hydrogen-bond acceptors (Lipinski definition) is 3. The monoisotopic (exact) mass is 241 g/mol. The summed E-state index contributed by atoms with van der Waals surface area (Å²) in [5, 5.41) is 0. The zero-order valence-electron chi connectivity index (χ0n) is 8.59. The van der Waals surface area contributed by atoms with Gasteiger partial charge in [0, 0.05) is 23.7 Å². The summed E-state index contributed by atoms with van der Waals surface area (Å²) < 4.78 is 23.3. The average molecular weight is 241 g/mol. The van der Waals surface area contributed by atoms with Gasteiger partial charge in [0.25, 0.3) is 0 Å². The number of carbonyl (C=O) groups excluding carboxylic acids is 1. The van der Waals surface area contributed by atoms with Crippen molar-refractivity contribution in [3.63, 3.8) is 0 Å². The van der Waals surface area contributed by atoms with Crippen LogP contribution in [-0.2, 0) is 22.5 Å². The van der Waals surface area contributed by atoms with Gasteiger partial charge in [-0.05, 0) is 12.0 Å². The van der Waals surface area contributed by atoms with Gasteiger partial charge in [0.2, 0.25) is 5.91 Å². The maximum absolute atomic E-state index is 10.8. The van der Waals surface area contributed by atoms with E-state index in [1.165, 1.54) is 0 Å². The minimum Gasteiger partial charge on any atom is -0.760 e. The molecular weight excluding hydrogens is 228 g/mol. The van der Waals surface area contributed by atoms with Crippen molar-refractivity contribution < 1.29 is 13.6 Å². The molecule has 0 aliphatic rings. The Hall–Kier alpha value is -1.24. The molecular formula is C10H13N2O3S-. The van der Waals surface area contributed by atoms with Crippen molar-refractivity contribution in [3.8, 4) is 0 Å². The molecule has 0 heterocycles. The van der Waals surface area contributed by atoms with Crippen LogP contribution in [0.25, 0.3) is 0 Å². The normalized spacial score (nSPS) is 14.3. The van der Waals surface area contributed by atoms with Crippen molar-refractivity contribution in [2.45, 2.75) is 18.9 Å². The van der Waals surface area contributed by atoms with Gasteiger partial charge in [0.05, 0.1) is 0 Å². The van der Waals surface area contributed by atoms with Gasteiger partial charge < -0.3 is 10.3 Å². The minimum atomic E-state index is -2.39. The van der Waals surface area contributed by atoms with E-state index >= 15 is 0 Å². The SMILES string of the molecule is NC(=O)CC(Cc1ccccc1)NS(=O)[O-]. The lowest BCUT2D eigenvalue weighted by Gasteiger charge is -2.18. The number of nitrogens with two attached hydrogens (primary N) is 1. The van der Waals surface area contributed by atoms with Gasteiger partial charge in [-0.25, -0.2) is 4.72 Å². The second-order valence-corrected chi connectivity index (χ2v) is 4.11. The van der Waals surface area contributed by atoms with Gasteiger partial charge in [-0.1, -0.05) is 30.3 Å². The highest BCUT2D eigenvalue weighted by molar-refractivity contribution is 7.77. The Morgan fingerprint density at radius 2 is 2.06 bits per heavy atom. The first kappa shape index (κ1) is 12.8. The molecule has 6 heteroatoms. The first-order chi connectivity index (χ1) is 7.58. The molecule has 88 valence electrons. The highest BCUT2D eigenvalue weighted by Gasteiger charge is 2.12. The van der Waals surface area contributed by atoms with Gasteiger partial charge in [0.15, 0.2) is 0 Å². The standard InChI is InChI=1S/C10H14N2O3S/c11-10(13)7-9(12-16(14)15)6-8-4-2-1-3-5-8/h1-5,9,12H,6-7H2,(H2,11,13)(H,14,15)/p-1. The van der Waals surface area contributed by atoms with E-state index in [1.54, 1.807) is 0 Å². The lowest BCUT2D eigenvalue weighted by atomic mass is 10.0. The molecule has 0 aliphatic heterocycles. The maximum atomic E-state index is 10.8. The predicted molar refractivity (Wildman–Crippen MR) is 59.8 cm³/mol. The van der Waals surface area contributed by atoms with E-state index in [4.69, 9.17) is 5.73 Å². The van der Waals surface area contributed by atoms with Crippen LogP contribution < -0.4 is 10.5 Å². The van der Waals surface area contributed by atoms with Crippen molar-refractivity contribution in [2.24, 2.45) is 5.73 Å². The number of hydrogen-bond donors (Lipinski definition) is 2. The Morgan fingerprint density at radius 1 is 1.44 bits per heavy atom. The molecule has 3 N–H and O–H groups in total. The van der Waals surface area contributed by atoms with Crippen LogP contribution in [0.4, 0.5) is 0 Å². The molecule has 0 saturated heterocycles. The van der Waals surface area contributed by atoms with E-state index < -0.39 is 23.2 Å². The van der Waals surface area contributed by atoms with Crippen LogP contribution in [0.1, 0.15) is 12.0 Å². The lowest BCUT2D eigenvalue weighted by Crippen LogP contribution is -2.36. The third kappa shape index (κ3) is 5.01. The average Bonchev–Trinajstić information content (AvgIpc) is 2.16. The number of rotatable bonds is 6. The van der Waals surface area contributed by atoms with E-state index in [1.807, 2.05) is 30.3 Å². The van der Waals surface area contributed by atoms with Gasteiger partial charge in [0.1, 0.15) is 0 Å². The molecule has 2 atom stereocenters. The summed E-state index contributed by atoms with van der Waals surface area (Å²) in [7, 11) is 0. The Balaban J connectivity index is 2.63. The Bertz CT molecular complexity index is 354. The molecule has 0 bridgehead atoms. The molecule has 16 heavy (non-hydrogen) atoms. The molecule has 0 fully saturated rings. The molecule has 0 aromatic heterocycles. The van der Waals surface area contributed by atoms with Crippen molar-refractivity contribution in [1.29, 1.82) is 0 Å². The second kappa shape index (κ2) is 6.37. The summed E-state index contributed by atoms with van der Waals surface area (Å²) in [5.41, 5.74) is 5.99. The third-order valence-corrected chi connectivity index (χ3v) is 2.56. The van der Waals surface area contributed by atoms with Crippen LogP contribution in [0.5, 0.6) is 0 Å². The van der Waals surface area contributed by atoms with E-state index in [-0.39, 0.29) is 6.42 Å². The summed E-state index contributed by atoms with van der Waals surface area (Å²) >= 11 is -2.39. The second-order valence-electron chi connectivity index (χ2n) is 3.41. The molecule has 2 unspecified atom stereocenters. The molecule has 5 nitrogen and oxygen atoms in total. The highest BCUT2D eigenvalue weighted by atomic mass is 32.2. The Kier molecular flexibility index (Phi) is 5.10. The minimum absolute atomic E-state index is 0.0110. The molecule has 0 aliphatic carbocycles. The van der Waals surface area contributed by atoms with Crippen molar-refractivity contribution >= 4 is 17.2 Å². The number of primary amides is 1. The zero-order chi connectivity index (χ0) is 12.0. The van der Waals surface area contributed by atoms with Crippen LogP contribution >= 0.6 is 0 Å². The summed E-state index contributed by atoms with van der Waals surface area (Å²) in [4.78, 5) is 10.8. The van der Waals surface area contributed by atoms with Crippen molar-refractivity contribution in [3.05, 3.63) is 35.9 Å². The van der Waals surface area contributed by atoms with Gasteiger partial charge in [-0.2, -0.15) is 0 Å². The van der Waals surface area contributed by atoms with Crippen LogP contribution in [0.15, 0.2) is 30.3 Å². The van der Waals surface area contributed by atoms with Crippen molar-refractivity contribution in [2.75, 3.05) is 0 Å². The smallest absolute Gasteiger partial charge is 0.219 e. The van der Waals surface area contributed by atoms with Crippen LogP contribution in [0, 0.1) is 0 Å². The first-order valence-electron chi connectivity index (χ1n) is 4.75. The fourth-order valence-corrected chi connectivity index (χ4v) is 1.87. The Morgan fingerprint density at radius 3 is 2.56 bits per heavy atom. The molecule has 0 saturated carbocycles. The first-order valence-corrected chi connectivity index (χ1v) is 5.83. The molecule has 1 rings (SSSR count). The number of carbonyl (C=O) groups is 1. The quantitative estimate of drug-likeness (QED) is 0.678. The number of benzene rings is 1. The van der Waals surface area contributed by atoms with Crippen LogP contribution in [0.3, 0.4) is 0 Å². The zero-order valence-corrected chi connectivity index (χ0v) is 9.41. The van der Waals surface area contributed by atoms with Gasteiger partial charge >= 0.3 is 0 Å². The molecule has 0 radical (unpaired) electrons. The summed E-state index contributed by atoms with van der Waals surface area (Å²) in [6.45, 7) is 0. The molecule has 1 aromatic rings. The van der Waals surface area contributed by atoms with Crippen LogP contribution in [0.2, 0.25) is 0 Å². The fraction of sp³-hybridized carbons (Fsp3) is 0.300. The topological polar surface area (TPSA) is 95.2 Å². The van der Waals surface area contributed by atoms with Gasteiger partial charge in [-0.15, -0.1) is 0 Å². The fourth-order valence-electron chi connectivity index (χ4n) is 1.43. The highest BCUT2D eigenvalue weighted by Crippen LogP contribution is 2.05. The lowest BCUT2D eigenvalue weighted by molar-refractivity contribution is -0.118.